The molecule has 0 aromatic heterocycles. The molecule has 2 N–H and O–H groups in total. The highest BCUT2D eigenvalue weighted by molar-refractivity contribution is 8.14. The van der Waals surface area contributed by atoms with Gasteiger partial charge in [-0.1, -0.05) is 29.5 Å². The lowest BCUT2D eigenvalue weighted by Gasteiger charge is -2.08. The standard InChI is InChI=1S/C12H14N2O5S2/c1-8-2-4-10(5-3-8)21(17,18)19-6-9-7-20-11(13-9)14-12(15)16/h2-5,9H,6-7H2,1H3,(H,13,14)(H,15,16)/t9-/m0/s1. The Hall–Kier alpha value is -1.58. The molecule has 2 rings (SSSR count). The average molecular weight is 330 g/mol. The molecule has 0 fully saturated rings. The summed E-state index contributed by atoms with van der Waals surface area (Å²) in [5.41, 5.74) is 0.954. The number of benzene rings is 1. The number of carbonyl (C=O) groups is 1. The number of nitrogens with one attached hydrogen (secondary N) is 1. The Labute approximate surface area is 126 Å². The van der Waals surface area contributed by atoms with Crippen molar-refractivity contribution in [1.29, 1.82) is 0 Å². The van der Waals surface area contributed by atoms with Crippen LogP contribution in [0.25, 0.3) is 0 Å². The van der Waals surface area contributed by atoms with Crippen LogP contribution in [0.2, 0.25) is 0 Å². The minimum absolute atomic E-state index is 0.0895. The molecule has 21 heavy (non-hydrogen) atoms. The first-order valence-corrected chi connectivity index (χ1v) is 8.43. The summed E-state index contributed by atoms with van der Waals surface area (Å²) >= 11 is 1.21. The predicted molar refractivity (Wildman–Crippen MR) is 79.2 cm³/mol. The van der Waals surface area contributed by atoms with Crippen LogP contribution >= 0.6 is 11.8 Å². The van der Waals surface area contributed by atoms with E-state index in [1.807, 2.05) is 6.92 Å². The summed E-state index contributed by atoms with van der Waals surface area (Å²) in [6.45, 7) is 1.74. The monoisotopic (exact) mass is 330 g/mol. The van der Waals surface area contributed by atoms with Gasteiger partial charge in [0.15, 0.2) is 5.17 Å². The first kappa shape index (κ1) is 15.8. The summed E-state index contributed by atoms with van der Waals surface area (Å²) in [7, 11) is -3.82. The van der Waals surface area contributed by atoms with Crippen molar-refractivity contribution in [3.8, 4) is 0 Å². The third-order valence-electron chi connectivity index (χ3n) is 2.65. The molecule has 1 aromatic rings. The van der Waals surface area contributed by atoms with E-state index in [0.29, 0.717) is 5.75 Å². The predicted octanol–water partition coefficient (Wildman–Crippen LogP) is 1.44. The van der Waals surface area contributed by atoms with Gasteiger partial charge >= 0.3 is 6.09 Å². The van der Waals surface area contributed by atoms with Crippen LogP contribution in [0.3, 0.4) is 0 Å². The SMILES string of the molecule is Cc1ccc(S(=O)(=O)OC[C@H]2CSC(NC(=O)O)=N2)cc1. The molecule has 0 spiro atoms. The summed E-state index contributed by atoms with van der Waals surface area (Å²) in [5.74, 6) is 0.471. The number of rotatable bonds is 4. The van der Waals surface area contributed by atoms with Crippen molar-refractivity contribution in [2.45, 2.75) is 17.9 Å². The molecule has 0 radical (unpaired) electrons. The normalized spacial score (nSPS) is 18.3. The Morgan fingerprint density at radius 2 is 2.14 bits per heavy atom. The van der Waals surface area contributed by atoms with E-state index in [2.05, 4.69) is 10.3 Å². The molecule has 9 heteroatoms. The number of nitrogens with zero attached hydrogens (tertiary/aromatic N) is 1. The van der Waals surface area contributed by atoms with Crippen molar-refractivity contribution < 1.29 is 22.5 Å². The van der Waals surface area contributed by atoms with Crippen LogP contribution in [-0.4, -0.2) is 43.2 Å². The van der Waals surface area contributed by atoms with Crippen LogP contribution in [0, 0.1) is 6.92 Å². The number of thioether (sulfide) groups is 1. The van der Waals surface area contributed by atoms with Gasteiger partial charge in [0.2, 0.25) is 0 Å². The van der Waals surface area contributed by atoms with Crippen molar-refractivity contribution in [2.24, 2.45) is 4.99 Å². The van der Waals surface area contributed by atoms with E-state index in [1.54, 1.807) is 12.1 Å². The molecule has 1 atom stereocenters. The van der Waals surface area contributed by atoms with Gasteiger partial charge in [-0.2, -0.15) is 8.42 Å². The second-order valence-electron chi connectivity index (χ2n) is 4.38. The lowest BCUT2D eigenvalue weighted by atomic mass is 10.2. The van der Waals surface area contributed by atoms with Gasteiger partial charge in [-0.3, -0.25) is 14.5 Å². The van der Waals surface area contributed by atoms with E-state index in [9.17, 15) is 13.2 Å². The van der Waals surface area contributed by atoms with Gasteiger partial charge in [0.1, 0.15) is 0 Å². The molecule has 0 bridgehead atoms. The smallest absolute Gasteiger partial charge is 0.410 e. The summed E-state index contributed by atoms with van der Waals surface area (Å²) in [4.78, 5) is 14.6. The van der Waals surface area contributed by atoms with E-state index in [0.717, 1.165) is 5.56 Å². The van der Waals surface area contributed by atoms with Gasteiger partial charge in [0.05, 0.1) is 17.5 Å². The molecular weight excluding hydrogens is 316 g/mol. The summed E-state index contributed by atoms with van der Waals surface area (Å²) in [6.07, 6.45) is -1.20. The Kier molecular flexibility index (Phi) is 4.86. The molecule has 114 valence electrons. The number of amidine groups is 1. The maximum atomic E-state index is 12.0. The first-order valence-electron chi connectivity index (χ1n) is 6.03. The molecule has 1 aliphatic rings. The quantitative estimate of drug-likeness (QED) is 0.809. The zero-order valence-electron chi connectivity index (χ0n) is 11.1. The van der Waals surface area contributed by atoms with Crippen LogP contribution in [-0.2, 0) is 14.3 Å². The molecule has 7 nitrogen and oxygen atoms in total. The van der Waals surface area contributed by atoms with E-state index in [4.69, 9.17) is 9.29 Å². The van der Waals surface area contributed by atoms with Crippen molar-refractivity contribution in [3.05, 3.63) is 29.8 Å². The molecule has 0 unspecified atom stereocenters. The average Bonchev–Trinajstić information content (AvgIpc) is 2.84. The first-order chi connectivity index (χ1) is 9.87. The highest BCUT2D eigenvalue weighted by atomic mass is 32.2. The van der Waals surface area contributed by atoms with Crippen LogP contribution in [0.4, 0.5) is 4.79 Å². The highest BCUT2D eigenvalue weighted by Gasteiger charge is 2.23. The summed E-state index contributed by atoms with van der Waals surface area (Å²) < 4.78 is 28.9. The Balaban J connectivity index is 1.95. The fourth-order valence-corrected chi connectivity index (χ4v) is 3.45. The lowest BCUT2D eigenvalue weighted by molar-refractivity contribution is 0.200. The van der Waals surface area contributed by atoms with Gasteiger partial charge in [0, 0.05) is 5.75 Å². The summed E-state index contributed by atoms with van der Waals surface area (Å²) in [6, 6.07) is 5.95. The zero-order valence-corrected chi connectivity index (χ0v) is 12.8. The summed E-state index contributed by atoms with van der Waals surface area (Å²) in [5, 5.41) is 10.9. The minimum atomic E-state index is -3.82. The van der Waals surface area contributed by atoms with Crippen LogP contribution in [0.5, 0.6) is 0 Å². The van der Waals surface area contributed by atoms with Crippen LogP contribution < -0.4 is 5.32 Å². The van der Waals surface area contributed by atoms with Crippen molar-refractivity contribution in [3.63, 3.8) is 0 Å². The van der Waals surface area contributed by atoms with Gasteiger partial charge in [-0.25, -0.2) is 4.79 Å². The van der Waals surface area contributed by atoms with E-state index >= 15 is 0 Å². The molecule has 1 aromatic carbocycles. The van der Waals surface area contributed by atoms with Crippen LogP contribution in [0.15, 0.2) is 34.2 Å². The Morgan fingerprint density at radius 1 is 1.48 bits per heavy atom. The second kappa shape index (κ2) is 6.46. The van der Waals surface area contributed by atoms with Gasteiger partial charge in [-0.15, -0.1) is 0 Å². The van der Waals surface area contributed by atoms with E-state index < -0.39 is 22.3 Å². The number of hydrogen-bond donors (Lipinski definition) is 2. The van der Waals surface area contributed by atoms with Gasteiger partial charge in [-0.05, 0) is 19.1 Å². The Morgan fingerprint density at radius 3 is 2.76 bits per heavy atom. The van der Waals surface area contributed by atoms with Crippen molar-refractivity contribution >= 4 is 33.1 Å². The molecule has 0 saturated carbocycles. The number of carboxylic acid groups (broad SMARTS) is 1. The van der Waals surface area contributed by atoms with Crippen molar-refractivity contribution in [2.75, 3.05) is 12.4 Å². The van der Waals surface area contributed by atoms with Crippen LogP contribution in [0.1, 0.15) is 5.56 Å². The third-order valence-corrected chi connectivity index (χ3v) is 4.98. The number of hydrogen-bond acceptors (Lipinski definition) is 6. The molecule has 1 amide bonds. The number of amides is 1. The minimum Gasteiger partial charge on any atom is -0.465 e. The van der Waals surface area contributed by atoms with Gasteiger partial charge < -0.3 is 5.11 Å². The molecule has 1 aliphatic heterocycles. The maximum Gasteiger partial charge on any atom is 0.410 e. The maximum absolute atomic E-state index is 12.0. The molecule has 0 aliphatic carbocycles. The van der Waals surface area contributed by atoms with Crippen molar-refractivity contribution in [1.82, 2.24) is 5.32 Å². The fraction of sp³-hybridized carbons (Fsp3) is 0.333. The van der Waals surface area contributed by atoms with E-state index in [-0.39, 0.29) is 16.7 Å². The highest BCUT2D eigenvalue weighted by Crippen LogP contribution is 2.19. The largest absolute Gasteiger partial charge is 0.465 e. The molecular formula is C12H14N2O5S2. The lowest BCUT2D eigenvalue weighted by Crippen LogP contribution is -2.25. The Bertz CT molecular complexity index is 655. The molecule has 0 saturated heterocycles. The number of aliphatic imine (C=N–C) groups is 1. The van der Waals surface area contributed by atoms with Gasteiger partial charge in [0.25, 0.3) is 10.1 Å². The topological polar surface area (TPSA) is 105 Å². The number of aryl methyl sites for hydroxylation is 1. The second-order valence-corrected chi connectivity index (χ2v) is 7.00. The fourth-order valence-electron chi connectivity index (χ4n) is 1.60. The zero-order chi connectivity index (χ0) is 15.5. The molecule has 1 heterocycles. The third kappa shape index (κ3) is 4.45. The van der Waals surface area contributed by atoms with E-state index in [1.165, 1.54) is 23.9 Å².